The van der Waals surface area contributed by atoms with Crippen molar-refractivity contribution in [3.63, 3.8) is 0 Å². The lowest BCUT2D eigenvalue weighted by molar-refractivity contribution is -0.134. The van der Waals surface area contributed by atoms with Gasteiger partial charge in [-0.05, 0) is 10.4 Å². The SMILES string of the molecule is COC(=O)/C=C/n1nnn(CCS(C)(=O)=O)c1=O. The molecule has 10 heteroatoms. The quantitative estimate of drug-likeness (QED) is 0.457. The molecule has 0 bridgehead atoms. The molecule has 0 aliphatic heterocycles. The van der Waals surface area contributed by atoms with E-state index in [0.717, 1.165) is 27.9 Å². The first-order valence-electron chi connectivity index (χ1n) is 4.79. The second kappa shape index (κ2) is 5.58. The molecule has 0 radical (unpaired) electrons. The van der Waals surface area contributed by atoms with E-state index in [9.17, 15) is 18.0 Å². The highest BCUT2D eigenvalue weighted by Gasteiger charge is 2.08. The molecular formula is C8H12N4O5S. The fourth-order valence-electron chi connectivity index (χ4n) is 0.972. The van der Waals surface area contributed by atoms with E-state index in [0.29, 0.717) is 0 Å². The van der Waals surface area contributed by atoms with Crippen LogP contribution in [-0.2, 0) is 25.9 Å². The summed E-state index contributed by atoms with van der Waals surface area (Å²) in [6.45, 7) is -0.0935. The van der Waals surface area contributed by atoms with E-state index in [2.05, 4.69) is 15.2 Å². The molecule has 0 saturated carbocycles. The molecule has 0 saturated heterocycles. The molecule has 0 aliphatic carbocycles. The monoisotopic (exact) mass is 276 g/mol. The molecule has 18 heavy (non-hydrogen) atoms. The Balaban J connectivity index is 2.82. The Morgan fingerprint density at radius 1 is 1.44 bits per heavy atom. The molecule has 0 atom stereocenters. The van der Waals surface area contributed by atoms with Gasteiger partial charge in [0.2, 0.25) is 0 Å². The smallest absolute Gasteiger partial charge is 0.367 e. The zero-order chi connectivity index (χ0) is 13.8. The van der Waals surface area contributed by atoms with Gasteiger partial charge in [0, 0.05) is 18.5 Å². The Bertz CT molecular complexity index is 612. The highest BCUT2D eigenvalue weighted by atomic mass is 32.2. The Kier molecular flexibility index (Phi) is 4.37. The normalized spacial score (nSPS) is 11.9. The fourth-order valence-corrected chi connectivity index (χ4v) is 1.48. The van der Waals surface area contributed by atoms with Gasteiger partial charge >= 0.3 is 11.7 Å². The summed E-state index contributed by atoms with van der Waals surface area (Å²) in [7, 11) is -2.00. The van der Waals surface area contributed by atoms with Crippen LogP contribution in [0, 0.1) is 0 Å². The molecule has 100 valence electrons. The third-order valence-corrected chi connectivity index (χ3v) is 2.81. The first-order valence-corrected chi connectivity index (χ1v) is 6.86. The summed E-state index contributed by atoms with van der Waals surface area (Å²) in [5.74, 6) is -0.862. The summed E-state index contributed by atoms with van der Waals surface area (Å²) in [5.41, 5.74) is -0.640. The van der Waals surface area contributed by atoms with Gasteiger partial charge in [0.25, 0.3) is 0 Å². The van der Waals surface area contributed by atoms with Gasteiger partial charge in [0.1, 0.15) is 9.84 Å². The maximum Gasteiger partial charge on any atom is 0.367 e. The number of sulfone groups is 1. The number of nitrogens with zero attached hydrogens (tertiary/aromatic N) is 4. The molecule has 0 N–H and O–H groups in total. The number of rotatable bonds is 5. The van der Waals surface area contributed by atoms with Gasteiger partial charge in [-0.25, -0.2) is 18.0 Å². The van der Waals surface area contributed by atoms with Gasteiger partial charge in [0.05, 0.1) is 19.4 Å². The van der Waals surface area contributed by atoms with Crippen LogP contribution in [0.25, 0.3) is 6.20 Å². The van der Waals surface area contributed by atoms with E-state index in [1.807, 2.05) is 0 Å². The molecule has 0 aliphatic rings. The number of hydrogen-bond acceptors (Lipinski definition) is 7. The summed E-state index contributed by atoms with van der Waals surface area (Å²) >= 11 is 0. The van der Waals surface area contributed by atoms with Gasteiger partial charge in [-0.15, -0.1) is 0 Å². The number of aryl methyl sites for hydroxylation is 1. The lowest BCUT2D eigenvalue weighted by Crippen LogP contribution is -2.25. The summed E-state index contributed by atoms with van der Waals surface area (Å²) in [4.78, 5) is 22.4. The first-order chi connectivity index (χ1) is 8.33. The van der Waals surface area contributed by atoms with E-state index in [-0.39, 0.29) is 12.3 Å². The number of ether oxygens (including phenoxy) is 1. The van der Waals surface area contributed by atoms with Crippen molar-refractivity contribution in [1.29, 1.82) is 0 Å². The van der Waals surface area contributed by atoms with Crippen LogP contribution >= 0.6 is 0 Å². The third kappa shape index (κ3) is 4.13. The second-order valence-corrected chi connectivity index (χ2v) is 5.66. The summed E-state index contributed by atoms with van der Waals surface area (Å²) in [6.07, 6.45) is 3.13. The lowest BCUT2D eigenvalue weighted by atomic mass is 10.6. The van der Waals surface area contributed by atoms with Crippen LogP contribution in [0.15, 0.2) is 10.9 Å². The topological polar surface area (TPSA) is 113 Å². The van der Waals surface area contributed by atoms with Crippen molar-refractivity contribution in [2.45, 2.75) is 6.54 Å². The largest absolute Gasteiger partial charge is 0.466 e. The molecule has 1 aromatic rings. The minimum absolute atomic E-state index is 0.0935. The minimum atomic E-state index is -3.19. The number of hydrogen-bond donors (Lipinski definition) is 0. The number of carbonyl (C=O) groups excluding carboxylic acids is 1. The highest BCUT2D eigenvalue weighted by molar-refractivity contribution is 7.90. The molecular weight excluding hydrogens is 264 g/mol. The molecule has 0 amide bonds. The van der Waals surface area contributed by atoms with Crippen molar-refractivity contribution in [3.05, 3.63) is 16.6 Å². The fraction of sp³-hybridized carbons (Fsp3) is 0.500. The molecule has 0 aromatic carbocycles. The number of aromatic nitrogens is 4. The van der Waals surface area contributed by atoms with Gasteiger partial charge in [-0.2, -0.15) is 9.36 Å². The predicted octanol–water partition coefficient (Wildman–Crippen LogP) is -1.87. The zero-order valence-corrected chi connectivity index (χ0v) is 10.6. The van der Waals surface area contributed by atoms with Crippen LogP contribution in [0.4, 0.5) is 0 Å². The van der Waals surface area contributed by atoms with E-state index in [4.69, 9.17) is 0 Å². The van der Waals surface area contributed by atoms with Crippen LogP contribution in [0.1, 0.15) is 0 Å². The molecule has 0 fully saturated rings. The average Bonchev–Trinajstić information content (AvgIpc) is 2.63. The lowest BCUT2D eigenvalue weighted by Gasteiger charge is -1.95. The Morgan fingerprint density at radius 2 is 2.11 bits per heavy atom. The average molecular weight is 276 g/mol. The maximum atomic E-state index is 11.6. The second-order valence-electron chi connectivity index (χ2n) is 3.40. The molecule has 0 spiro atoms. The van der Waals surface area contributed by atoms with E-state index in [1.54, 1.807) is 0 Å². The zero-order valence-electron chi connectivity index (χ0n) is 9.81. The Labute approximate surface area is 103 Å². The van der Waals surface area contributed by atoms with Crippen LogP contribution in [0.2, 0.25) is 0 Å². The number of tetrazole rings is 1. The standard InChI is InChI=1S/C8H12N4O5S/c1-17-7(13)3-4-11-8(14)12(10-9-11)5-6-18(2,15)16/h3-4H,5-6H2,1-2H3/b4-3+. The van der Waals surface area contributed by atoms with Crippen molar-refractivity contribution in [1.82, 2.24) is 19.8 Å². The summed E-state index contributed by atoms with van der Waals surface area (Å²) < 4.78 is 27.9. The van der Waals surface area contributed by atoms with Crippen molar-refractivity contribution < 1.29 is 17.9 Å². The number of esters is 1. The predicted molar refractivity (Wildman–Crippen MR) is 61.3 cm³/mol. The molecule has 1 rings (SSSR count). The Hall–Kier alpha value is -1.97. The van der Waals surface area contributed by atoms with Crippen molar-refractivity contribution >= 4 is 22.0 Å². The molecule has 1 aromatic heterocycles. The number of methoxy groups -OCH3 is 1. The molecule has 1 heterocycles. The van der Waals surface area contributed by atoms with Crippen LogP contribution in [0.5, 0.6) is 0 Å². The van der Waals surface area contributed by atoms with E-state index in [1.165, 1.54) is 7.11 Å². The van der Waals surface area contributed by atoms with Gasteiger partial charge in [-0.3, -0.25) is 0 Å². The van der Waals surface area contributed by atoms with Crippen LogP contribution < -0.4 is 5.69 Å². The van der Waals surface area contributed by atoms with Gasteiger partial charge < -0.3 is 4.74 Å². The van der Waals surface area contributed by atoms with Crippen LogP contribution in [-0.4, -0.2) is 53.3 Å². The number of carbonyl (C=O) groups is 1. The van der Waals surface area contributed by atoms with E-state index >= 15 is 0 Å². The van der Waals surface area contributed by atoms with Crippen molar-refractivity contribution in [3.8, 4) is 0 Å². The highest BCUT2D eigenvalue weighted by Crippen LogP contribution is 1.86. The van der Waals surface area contributed by atoms with Gasteiger partial charge in [-0.1, -0.05) is 0 Å². The van der Waals surface area contributed by atoms with Gasteiger partial charge in [0.15, 0.2) is 0 Å². The summed E-state index contributed by atoms with van der Waals surface area (Å²) in [6, 6.07) is 0. The van der Waals surface area contributed by atoms with E-state index < -0.39 is 21.5 Å². The summed E-state index contributed by atoms with van der Waals surface area (Å²) in [5, 5.41) is 6.92. The third-order valence-electron chi connectivity index (χ3n) is 1.89. The van der Waals surface area contributed by atoms with Crippen LogP contribution in [0.3, 0.4) is 0 Å². The Morgan fingerprint density at radius 3 is 2.67 bits per heavy atom. The molecule has 9 nitrogen and oxygen atoms in total. The first kappa shape index (κ1) is 14.1. The van der Waals surface area contributed by atoms with Crippen molar-refractivity contribution in [2.24, 2.45) is 0 Å². The maximum absolute atomic E-state index is 11.6. The minimum Gasteiger partial charge on any atom is -0.466 e. The van der Waals surface area contributed by atoms with Crippen molar-refractivity contribution in [2.75, 3.05) is 19.1 Å². The molecule has 0 unspecified atom stereocenters.